The van der Waals surface area contributed by atoms with Crippen molar-refractivity contribution in [2.45, 2.75) is 20.1 Å². The summed E-state index contributed by atoms with van der Waals surface area (Å²) in [5.41, 5.74) is 0. The lowest BCUT2D eigenvalue weighted by Gasteiger charge is -2.07. The maximum atomic E-state index is 12.6. The van der Waals surface area contributed by atoms with Gasteiger partial charge >= 0.3 is 12.5 Å². The molecule has 1 N–H and O–H groups in total. The minimum atomic E-state index is -2.70. The molecule has 102 valence electrons. The number of carbonyl (C=O) groups is 1. The first-order valence-electron chi connectivity index (χ1n) is 5.25. The summed E-state index contributed by atoms with van der Waals surface area (Å²) in [6.45, 7) is -1.18. The van der Waals surface area contributed by atoms with E-state index in [-0.39, 0.29) is 23.1 Å². The lowest BCUT2D eigenvalue weighted by atomic mass is 10.4. The van der Waals surface area contributed by atoms with Gasteiger partial charge in [-0.25, -0.2) is 9.78 Å². The summed E-state index contributed by atoms with van der Waals surface area (Å²) >= 11 is 1.07. The second-order valence-corrected chi connectivity index (χ2v) is 4.93. The van der Waals surface area contributed by atoms with E-state index >= 15 is 0 Å². The molecule has 0 saturated heterocycles. The van der Waals surface area contributed by atoms with Gasteiger partial charge in [0.15, 0.2) is 10.7 Å². The molecule has 0 radical (unpaired) electrons. The number of carboxylic acids is 1. The molecule has 0 fully saturated rings. The van der Waals surface area contributed by atoms with Gasteiger partial charge in [0.25, 0.3) is 0 Å². The standard InChI is InChI=1S/C11H10F2N2O3S/c1-6-4-7(9(19-6)10(16)17)18-5-8-14-2-3-15(8)11(12)13/h2-4,11H,5H2,1H3,(H,16,17). The van der Waals surface area contributed by atoms with Crippen LogP contribution in [0.1, 0.15) is 26.9 Å². The summed E-state index contributed by atoms with van der Waals surface area (Å²) in [5.74, 6) is -0.903. The van der Waals surface area contributed by atoms with Gasteiger partial charge < -0.3 is 9.84 Å². The van der Waals surface area contributed by atoms with Crippen LogP contribution in [0.3, 0.4) is 0 Å². The van der Waals surface area contributed by atoms with Gasteiger partial charge in [0.1, 0.15) is 12.4 Å². The van der Waals surface area contributed by atoms with Crippen LogP contribution < -0.4 is 4.74 Å². The molecule has 8 heteroatoms. The average Bonchev–Trinajstić information content (AvgIpc) is 2.92. The van der Waals surface area contributed by atoms with Crippen LogP contribution in [-0.4, -0.2) is 20.6 Å². The third-order valence-corrected chi connectivity index (χ3v) is 3.35. The monoisotopic (exact) mass is 288 g/mol. The first-order chi connectivity index (χ1) is 8.99. The van der Waals surface area contributed by atoms with Crippen molar-refractivity contribution < 1.29 is 23.4 Å². The Labute approximate surface area is 111 Å². The average molecular weight is 288 g/mol. The quantitative estimate of drug-likeness (QED) is 0.918. The third kappa shape index (κ3) is 2.90. The Kier molecular flexibility index (Phi) is 3.79. The van der Waals surface area contributed by atoms with Crippen molar-refractivity contribution in [2.24, 2.45) is 0 Å². The Morgan fingerprint density at radius 1 is 1.63 bits per heavy atom. The zero-order valence-electron chi connectivity index (χ0n) is 9.84. The van der Waals surface area contributed by atoms with E-state index < -0.39 is 12.5 Å². The first kappa shape index (κ1) is 13.5. The first-order valence-corrected chi connectivity index (χ1v) is 6.07. The van der Waals surface area contributed by atoms with Crippen LogP contribution in [0.25, 0.3) is 0 Å². The van der Waals surface area contributed by atoms with E-state index in [1.807, 2.05) is 0 Å². The molecule has 2 rings (SSSR count). The maximum Gasteiger partial charge on any atom is 0.349 e. The van der Waals surface area contributed by atoms with Crippen molar-refractivity contribution in [3.05, 3.63) is 34.0 Å². The van der Waals surface area contributed by atoms with Gasteiger partial charge in [-0.2, -0.15) is 8.78 Å². The fourth-order valence-electron chi connectivity index (χ4n) is 1.52. The summed E-state index contributed by atoms with van der Waals surface area (Å²) < 4.78 is 31.1. The Morgan fingerprint density at radius 3 is 3.00 bits per heavy atom. The highest BCUT2D eigenvalue weighted by atomic mass is 32.1. The predicted molar refractivity (Wildman–Crippen MR) is 63.8 cm³/mol. The van der Waals surface area contributed by atoms with Gasteiger partial charge in [-0.15, -0.1) is 11.3 Å². The molecular weight excluding hydrogens is 278 g/mol. The number of alkyl halides is 2. The fraction of sp³-hybridized carbons (Fsp3) is 0.273. The number of thiophene rings is 1. The summed E-state index contributed by atoms with van der Waals surface area (Å²) in [6.07, 6.45) is 2.38. The van der Waals surface area contributed by atoms with Gasteiger partial charge in [0, 0.05) is 17.3 Å². The van der Waals surface area contributed by atoms with Crippen molar-refractivity contribution in [1.82, 2.24) is 9.55 Å². The molecule has 0 atom stereocenters. The second-order valence-electron chi connectivity index (χ2n) is 3.67. The molecule has 0 unspecified atom stereocenters. The molecule has 0 aliphatic rings. The van der Waals surface area contributed by atoms with Crippen molar-refractivity contribution in [2.75, 3.05) is 0 Å². The largest absolute Gasteiger partial charge is 0.484 e. The number of hydrogen-bond acceptors (Lipinski definition) is 4. The lowest BCUT2D eigenvalue weighted by Crippen LogP contribution is -2.08. The van der Waals surface area contributed by atoms with Crippen LogP contribution in [0.15, 0.2) is 18.5 Å². The van der Waals surface area contributed by atoms with Crippen molar-refractivity contribution >= 4 is 17.3 Å². The topological polar surface area (TPSA) is 64.4 Å². The van der Waals surface area contributed by atoms with Gasteiger partial charge in [0.2, 0.25) is 0 Å². The van der Waals surface area contributed by atoms with E-state index in [4.69, 9.17) is 9.84 Å². The molecule has 0 saturated carbocycles. The maximum absolute atomic E-state index is 12.6. The Hall–Kier alpha value is -1.96. The van der Waals surface area contributed by atoms with Crippen LogP contribution >= 0.6 is 11.3 Å². The fourth-order valence-corrected chi connectivity index (χ4v) is 2.32. The molecule has 0 aliphatic carbocycles. The van der Waals surface area contributed by atoms with E-state index in [1.165, 1.54) is 6.20 Å². The molecule has 2 aromatic rings. The van der Waals surface area contributed by atoms with E-state index in [0.29, 0.717) is 4.57 Å². The second kappa shape index (κ2) is 5.35. The number of nitrogens with zero attached hydrogens (tertiary/aromatic N) is 2. The molecule has 19 heavy (non-hydrogen) atoms. The van der Waals surface area contributed by atoms with Crippen molar-refractivity contribution in [3.63, 3.8) is 0 Å². The summed E-state index contributed by atoms with van der Waals surface area (Å²) in [7, 11) is 0. The molecule has 2 aromatic heterocycles. The number of aromatic nitrogens is 2. The Bertz CT molecular complexity index is 595. The normalized spacial score (nSPS) is 10.9. The smallest absolute Gasteiger partial charge is 0.349 e. The number of ether oxygens (including phenoxy) is 1. The van der Waals surface area contributed by atoms with E-state index in [0.717, 1.165) is 22.4 Å². The summed E-state index contributed by atoms with van der Waals surface area (Å²) in [4.78, 5) is 15.5. The SMILES string of the molecule is Cc1cc(OCc2nccn2C(F)F)c(C(=O)O)s1. The lowest BCUT2D eigenvalue weighted by molar-refractivity contribution is 0.0624. The molecule has 0 aromatic carbocycles. The molecule has 2 heterocycles. The molecule has 0 aliphatic heterocycles. The van der Waals surface area contributed by atoms with E-state index in [2.05, 4.69) is 4.98 Å². The van der Waals surface area contributed by atoms with Crippen molar-refractivity contribution in [3.8, 4) is 5.75 Å². The number of imidazole rings is 1. The highest BCUT2D eigenvalue weighted by Crippen LogP contribution is 2.29. The van der Waals surface area contributed by atoms with Gasteiger partial charge in [-0.05, 0) is 13.0 Å². The molecular formula is C11H10F2N2O3S. The summed E-state index contributed by atoms with van der Waals surface area (Å²) in [6, 6.07) is 1.56. The molecule has 0 bridgehead atoms. The minimum Gasteiger partial charge on any atom is -0.484 e. The van der Waals surface area contributed by atoms with Crippen molar-refractivity contribution in [1.29, 1.82) is 0 Å². The van der Waals surface area contributed by atoms with E-state index in [9.17, 15) is 13.6 Å². The summed E-state index contributed by atoms with van der Waals surface area (Å²) in [5, 5.41) is 8.97. The third-order valence-electron chi connectivity index (χ3n) is 2.33. The van der Waals surface area contributed by atoms with Crippen LogP contribution in [-0.2, 0) is 6.61 Å². The minimum absolute atomic E-state index is 0.0372. The zero-order chi connectivity index (χ0) is 14.0. The number of carboxylic acid groups (broad SMARTS) is 1. The van der Waals surface area contributed by atoms with Crippen LogP contribution in [0.4, 0.5) is 8.78 Å². The number of halogens is 2. The van der Waals surface area contributed by atoms with Crippen LogP contribution in [0, 0.1) is 6.92 Å². The van der Waals surface area contributed by atoms with Gasteiger partial charge in [-0.3, -0.25) is 4.57 Å². The Morgan fingerprint density at radius 2 is 2.37 bits per heavy atom. The Balaban J connectivity index is 2.14. The highest BCUT2D eigenvalue weighted by Gasteiger charge is 2.17. The molecule has 5 nitrogen and oxygen atoms in total. The number of rotatable bonds is 5. The van der Waals surface area contributed by atoms with E-state index in [1.54, 1.807) is 13.0 Å². The number of hydrogen-bond donors (Lipinski definition) is 1. The molecule has 0 spiro atoms. The van der Waals surface area contributed by atoms with Gasteiger partial charge in [-0.1, -0.05) is 0 Å². The molecule has 0 amide bonds. The zero-order valence-corrected chi connectivity index (χ0v) is 10.7. The predicted octanol–water partition coefficient (Wildman–Crippen LogP) is 2.93. The van der Waals surface area contributed by atoms with Crippen LogP contribution in [0.5, 0.6) is 5.75 Å². The van der Waals surface area contributed by atoms with Gasteiger partial charge in [0.05, 0.1) is 0 Å². The van der Waals surface area contributed by atoms with Crippen LogP contribution in [0.2, 0.25) is 0 Å². The number of aromatic carboxylic acids is 1. The highest BCUT2D eigenvalue weighted by molar-refractivity contribution is 7.14. The number of aryl methyl sites for hydroxylation is 1.